The van der Waals surface area contributed by atoms with E-state index in [0.29, 0.717) is 0 Å². The van der Waals surface area contributed by atoms with Crippen molar-refractivity contribution in [2.75, 3.05) is 4.90 Å². The van der Waals surface area contributed by atoms with Crippen LogP contribution in [0.3, 0.4) is 0 Å². The predicted molar refractivity (Wildman–Crippen MR) is 244 cm³/mol. The van der Waals surface area contributed by atoms with Crippen molar-refractivity contribution in [3.8, 4) is 22.3 Å². The SMILES string of the molecule is C1=C(N(c2ccc(-c3ccccc4ccccc4ccc3)cc2)c2ccccc2-c2cccc3c2oc2c4ccccc4ccc32)c2sc3ccccc3c2CC1. The highest BCUT2D eigenvalue weighted by atomic mass is 32.1. The molecular weight excluding hydrogens is 711 g/mol. The Morgan fingerprint density at radius 3 is 1.88 bits per heavy atom. The summed E-state index contributed by atoms with van der Waals surface area (Å²) in [6.45, 7) is 0. The molecule has 0 unspecified atom stereocenters. The third-order valence-electron chi connectivity index (χ3n) is 11.4. The van der Waals surface area contributed by atoms with Gasteiger partial charge in [0.15, 0.2) is 0 Å². The Hall–Kier alpha value is -6.94. The normalized spacial score (nSPS) is 12.5. The molecule has 270 valence electrons. The Balaban J connectivity index is 1.09. The van der Waals surface area contributed by atoms with Gasteiger partial charge in [-0.1, -0.05) is 170 Å². The summed E-state index contributed by atoms with van der Waals surface area (Å²) in [4.78, 5) is 3.82. The van der Waals surface area contributed by atoms with Gasteiger partial charge in [0.25, 0.3) is 0 Å². The second kappa shape index (κ2) is 14.0. The Morgan fingerprint density at radius 1 is 0.439 bits per heavy atom. The Labute approximate surface area is 335 Å². The molecule has 2 aromatic heterocycles. The predicted octanol–water partition coefficient (Wildman–Crippen LogP) is 15.7. The van der Waals surface area contributed by atoms with E-state index >= 15 is 0 Å². The number of rotatable bonds is 5. The molecule has 0 bridgehead atoms. The Kier molecular flexibility index (Phi) is 8.19. The van der Waals surface area contributed by atoms with Gasteiger partial charge in [-0.15, -0.1) is 11.3 Å². The molecule has 0 amide bonds. The van der Waals surface area contributed by atoms with Crippen molar-refractivity contribution < 1.29 is 4.42 Å². The quantitative estimate of drug-likeness (QED) is 0.174. The zero-order valence-corrected chi connectivity index (χ0v) is 32.0. The summed E-state index contributed by atoms with van der Waals surface area (Å²) < 4.78 is 8.25. The van der Waals surface area contributed by atoms with Gasteiger partial charge in [-0.05, 0) is 81.4 Å². The number of hydrogen-bond acceptors (Lipinski definition) is 3. The summed E-state index contributed by atoms with van der Waals surface area (Å²) in [5.41, 5.74) is 11.3. The van der Waals surface area contributed by atoms with Crippen molar-refractivity contribution in [2.24, 2.45) is 0 Å². The first-order valence-electron chi connectivity index (χ1n) is 19.6. The lowest BCUT2D eigenvalue weighted by Crippen LogP contribution is -2.18. The highest BCUT2D eigenvalue weighted by molar-refractivity contribution is 7.20. The van der Waals surface area contributed by atoms with E-state index in [9.17, 15) is 0 Å². The summed E-state index contributed by atoms with van der Waals surface area (Å²) >= 11 is 1.90. The Bertz CT molecular complexity index is 3260. The first kappa shape index (κ1) is 33.4. The van der Waals surface area contributed by atoms with Gasteiger partial charge in [-0.2, -0.15) is 0 Å². The fourth-order valence-corrected chi connectivity index (χ4v) is 9.96. The van der Waals surface area contributed by atoms with Crippen molar-refractivity contribution in [3.05, 3.63) is 211 Å². The van der Waals surface area contributed by atoms with E-state index in [2.05, 4.69) is 205 Å². The van der Waals surface area contributed by atoms with E-state index in [4.69, 9.17) is 4.42 Å². The van der Waals surface area contributed by atoms with Gasteiger partial charge < -0.3 is 9.32 Å². The topological polar surface area (TPSA) is 16.4 Å². The second-order valence-corrected chi connectivity index (χ2v) is 15.8. The minimum absolute atomic E-state index is 0.909. The van der Waals surface area contributed by atoms with Gasteiger partial charge in [-0.25, -0.2) is 0 Å². The zero-order valence-electron chi connectivity index (χ0n) is 31.2. The monoisotopic (exact) mass is 747 g/mol. The summed E-state index contributed by atoms with van der Waals surface area (Å²) in [6.07, 6.45) is 4.46. The lowest BCUT2D eigenvalue weighted by Gasteiger charge is -2.31. The van der Waals surface area contributed by atoms with Crippen LogP contribution >= 0.6 is 11.3 Å². The second-order valence-electron chi connectivity index (χ2n) is 14.7. The number of para-hydroxylation sites is 2. The van der Waals surface area contributed by atoms with Gasteiger partial charge in [-0.3, -0.25) is 0 Å². The van der Waals surface area contributed by atoms with Gasteiger partial charge in [0, 0.05) is 37.7 Å². The van der Waals surface area contributed by atoms with Gasteiger partial charge in [0.05, 0.1) is 16.3 Å². The van der Waals surface area contributed by atoms with Crippen LogP contribution in [0.4, 0.5) is 11.4 Å². The summed E-state index contributed by atoms with van der Waals surface area (Å²) in [5, 5.41) is 8.36. The molecule has 0 atom stereocenters. The minimum atomic E-state index is 0.909. The number of furan rings is 1. The van der Waals surface area contributed by atoms with Crippen LogP contribution in [0.25, 0.3) is 81.5 Å². The molecule has 0 saturated heterocycles. The van der Waals surface area contributed by atoms with Gasteiger partial charge in [0.1, 0.15) is 11.2 Å². The average Bonchev–Trinajstić information content (AvgIpc) is 3.85. The van der Waals surface area contributed by atoms with Crippen LogP contribution in [-0.4, -0.2) is 0 Å². The summed E-state index contributed by atoms with van der Waals surface area (Å²) in [6, 6.07) is 69.9. The first-order chi connectivity index (χ1) is 28.3. The molecule has 2 nitrogen and oxygen atoms in total. The van der Waals surface area contributed by atoms with Crippen LogP contribution in [-0.2, 0) is 6.42 Å². The number of hydrogen-bond donors (Lipinski definition) is 0. The van der Waals surface area contributed by atoms with Gasteiger partial charge >= 0.3 is 0 Å². The van der Waals surface area contributed by atoms with E-state index in [1.165, 1.54) is 42.4 Å². The molecule has 3 heteroatoms. The highest BCUT2D eigenvalue weighted by Crippen LogP contribution is 2.49. The number of benzene rings is 7. The third kappa shape index (κ3) is 5.78. The third-order valence-corrected chi connectivity index (χ3v) is 12.6. The molecule has 0 radical (unpaired) electrons. The summed E-state index contributed by atoms with van der Waals surface area (Å²) in [7, 11) is 0. The molecule has 0 N–H and O–H groups in total. The number of nitrogens with zero attached hydrogens (tertiary/aromatic N) is 1. The lowest BCUT2D eigenvalue weighted by molar-refractivity contribution is 0.674. The van der Waals surface area contributed by atoms with E-state index in [1.807, 2.05) is 11.3 Å². The largest absolute Gasteiger partial charge is 0.455 e. The molecule has 0 aliphatic heterocycles. The number of anilines is 2. The van der Waals surface area contributed by atoms with Crippen LogP contribution in [0, 0.1) is 0 Å². The zero-order chi connectivity index (χ0) is 37.7. The molecule has 0 saturated carbocycles. The van der Waals surface area contributed by atoms with E-state index in [-0.39, 0.29) is 0 Å². The smallest absolute Gasteiger partial charge is 0.143 e. The van der Waals surface area contributed by atoms with Crippen LogP contribution < -0.4 is 4.90 Å². The van der Waals surface area contributed by atoms with Gasteiger partial charge in [0.2, 0.25) is 0 Å². The van der Waals surface area contributed by atoms with Crippen molar-refractivity contribution in [1.29, 1.82) is 0 Å². The number of allylic oxidation sites excluding steroid dienone is 1. The average molecular weight is 748 g/mol. The van der Waals surface area contributed by atoms with Crippen molar-refractivity contribution in [2.45, 2.75) is 12.8 Å². The molecular formula is C54H37NOS. The van der Waals surface area contributed by atoms with Crippen LogP contribution in [0.1, 0.15) is 16.9 Å². The van der Waals surface area contributed by atoms with E-state index < -0.39 is 0 Å². The summed E-state index contributed by atoms with van der Waals surface area (Å²) in [5.74, 6) is 0. The highest BCUT2D eigenvalue weighted by Gasteiger charge is 2.27. The minimum Gasteiger partial charge on any atom is -0.455 e. The Morgan fingerprint density at radius 2 is 1.04 bits per heavy atom. The van der Waals surface area contributed by atoms with E-state index in [1.54, 1.807) is 0 Å². The number of fused-ring (bicyclic) bond motifs is 9. The molecule has 11 rings (SSSR count). The fraction of sp³-hybridized carbons (Fsp3) is 0.0370. The lowest BCUT2D eigenvalue weighted by atomic mass is 9.95. The van der Waals surface area contributed by atoms with Crippen LogP contribution in [0.5, 0.6) is 0 Å². The molecule has 1 aliphatic carbocycles. The van der Waals surface area contributed by atoms with Crippen molar-refractivity contribution >= 4 is 82.0 Å². The molecule has 0 fully saturated rings. The molecule has 10 aromatic rings. The standard InChI is InChI=1S/C54H37NOS/c1-3-16-37-19-11-20-38(17-4-2-15-36(37)14-1)39-30-33-41(34-31-39)55(50-28-13-26-48-44-23-8-10-29-51(44)57-54(48)50)49-27-9-7-22-43(49)45-24-12-25-46-47-35-32-40-18-5-6-21-42(40)52(47)56-53(45)46/h1-12,14-25,27-35H,13,26H2. The van der Waals surface area contributed by atoms with Crippen LogP contribution in [0.15, 0.2) is 205 Å². The van der Waals surface area contributed by atoms with E-state index in [0.717, 1.165) is 73.8 Å². The maximum absolute atomic E-state index is 6.92. The van der Waals surface area contributed by atoms with Crippen molar-refractivity contribution in [3.63, 3.8) is 0 Å². The number of thiophene rings is 1. The molecule has 1 aliphatic rings. The fourth-order valence-electron chi connectivity index (χ4n) is 8.67. The molecule has 2 heterocycles. The molecule has 57 heavy (non-hydrogen) atoms. The van der Waals surface area contributed by atoms with Crippen LogP contribution in [0.2, 0.25) is 0 Å². The number of aryl methyl sites for hydroxylation is 1. The maximum Gasteiger partial charge on any atom is 0.143 e. The molecule has 8 aromatic carbocycles. The molecule has 0 spiro atoms. The van der Waals surface area contributed by atoms with Crippen molar-refractivity contribution in [1.82, 2.24) is 0 Å². The first-order valence-corrected chi connectivity index (χ1v) is 20.5. The maximum atomic E-state index is 6.92.